The number of methoxy groups -OCH3 is 2. The van der Waals surface area contributed by atoms with Gasteiger partial charge in [-0.3, -0.25) is 4.79 Å². The lowest BCUT2D eigenvalue weighted by molar-refractivity contribution is -0.0526. The molecule has 2 N–H and O–H groups in total. The zero-order chi connectivity index (χ0) is 18.2. The van der Waals surface area contributed by atoms with Crippen LogP contribution in [0.15, 0.2) is 12.1 Å². The van der Waals surface area contributed by atoms with Gasteiger partial charge in [-0.1, -0.05) is 0 Å². The van der Waals surface area contributed by atoms with E-state index in [0.717, 1.165) is 32.4 Å². The Morgan fingerprint density at radius 2 is 2.00 bits per heavy atom. The third-order valence-corrected chi connectivity index (χ3v) is 4.17. The van der Waals surface area contributed by atoms with Gasteiger partial charge in [0.2, 0.25) is 5.75 Å². The molecule has 0 aromatic heterocycles. The second-order valence-electron chi connectivity index (χ2n) is 5.85. The maximum Gasteiger partial charge on any atom is 0.387 e. The van der Waals surface area contributed by atoms with Gasteiger partial charge in [-0.25, -0.2) is 0 Å². The van der Waals surface area contributed by atoms with Crippen molar-refractivity contribution in [3.63, 3.8) is 0 Å². The monoisotopic (exact) mass is 358 g/mol. The zero-order valence-electron chi connectivity index (χ0n) is 14.4. The number of amides is 1. The Hall–Kier alpha value is -2.09. The highest BCUT2D eigenvalue weighted by atomic mass is 19.3. The second-order valence-corrected chi connectivity index (χ2v) is 5.85. The van der Waals surface area contributed by atoms with Crippen LogP contribution in [0.4, 0.5) is 8.78 Å². The Bertz CT molecular complexity index is 553. The summed E-state index contributed by atoms with van der Waals surface area (Å²) in [6.45, 7) is -0.454. The maximum absolute atomic E-state index is 12.5. The molecule has 1 aliphatic rings. The van der Waals surface area contributed by atoms with Gasteiger partial charge in [-0.05, 0) is 50.4 Å². The Balaban J connectivity index is 2.02. The van der Waals surface area contributed by atoms with Crippen LogP contribution in [0.25, 0.3) is 0 Å². The number of alkyl halides is 2. The molecule has 8 heteroatoms. The van der Waals surface area contributed by atoms with Crippen LogP contribution in [-0.4, -0.2) is 46.4 Å². The molecule has 1 atom stereocenters. The highest BCUT2D eigenvalue weighted by Gasteiger charge is 2.20. The van der Waals surface area contributed by atoms with Gasteiger partial charge in [0.05, 0.1) is 14.2 Å². The molecule has 0 aliphatic carbocycles. The molecule has 1 heterocycles. The summed E-state index contributed by atoms with van der Waals surface area (Å²) in [5, 5.41) is 6.18. The minimum absolute atomic E-state index is 0.0151. The van der Waals surface area contributed by atoms with Crippen LogP contribution in [-0.2, 0) is 0 Å². The highest BCUT2D eigenvalue weighted by molar-refractivity contribution is 5.95. The summed E-state index contributed by atoms with van der Waals surface area (Å²) in [6.07, 6.45) is 3.20. The first-order valence-electron chi connectivity index (χ1n) is 8.25. The first kappa shape index (κ1) is 19.2. The van der Waals surface area contributed by atoms with Crippen LogP contribution < -0.4 is 24.8 Å². The number of rotatable bonds is 8. The molecule has 1 aromatic rings. The van der Waals surface area contributed by atoms with Gasteiger partial charge in [-0.15, -0.1) is 0 Å². The van der Waals surface area contributed by atoms with E-state index in [9.17, 15) is 13.6 Å². The topological polar surface area (TPSA) is 68.8 Å². The van der Waals surface area contributed by atoms with Crippen LogP contribution in [0.2, 0.25) is 0 Å². The van der Waals surface area contributed by atoms with Gasteiger partial charge >= 0.3 is 6.61 Å². The van der Waals surface area contributed by atoms with Gasteiger partial charge in [-0.2, -0.15) is 8.78 Å². The van der Waals surface area contributed by atoms with Crippen molar-refractivity contribution in [3.8, 4) is 17.2 Å². The van der Waals surface area contributed by atoms with Crippen LogP contribution in [0.1, 0.15) is 29.6 Å². The Morgan fingerprint density at radius 3 is 2.52 bits per heavy atom. The number of piperidine rings is 1. The van der Waals surface area contributed by atoms with E-state index in [-0.39, 0.29) is 28.7 Å². The van der Waals surface area contributed by atoms with Crippen LogP contribution >= 0.6 is 0 Å². The SMILES string of the molecule is COc1cc(C(=O)NCCC2CCCNC2)cc(OC)c1OC(F)F. The zero-order valence-corrected chi connectivity index (χ0v) is 14.4. The van der Waals surface area contributed by atoms with Gasteiger partial charge in [0.25, 0.3) is 5.91 Å². The van der Waals surface area contributed by atoms with E-state index >= 15 is 0 Å². The van der Waals surface area contributed by atoms with Crippen molar-refractivity contribution in [1.29, 1.82) is 0 Å². The Kier molecular flexibility index (Phi) is 7.24. The van der Waals surface area contributed by atoms with Gasteiger partial charge in [0, 0.05) is 12.1 Å². The summed E-state index contributed by atoms with van der Waals surface area (Å²) in [4.78, 5) is 12.3. The molecule has 1 aliphatic heterocycles. The molecular weight excluding hydrogens is 334 g/mol. The molecule has 1 aromatic carbocycles. The molecule has 0 bridgehead atoms. The first-order chi connectivity index (χ1) is 12.0. The van der Waals surface area contributed by atoms with Crippen molar-refractivity contribution >= 4 is 5.91 Å². The van der Waals surface area contributed by atoms with E-state index in [1.807, 2.05) is 0 Å². The van der Waals surface area contributed by atoms with Crippen molar-refractivity contribution in [3.05, 3.63) is 17.7 Å². The molecular formula is C17H24F2N2O4. The van der Waals surface area contributed by atoms with E-state index in [0.29, 0.717) is 12.5 Å². The van der Waals surface area contributed by atoms with Crippen LogP contribution in [0.3, 0.4) is 0 Å². The van der Waals surface area contributed by atoms with Gasteiger partial charge in [0.15, 0.2) is 11.5 Å². The van der Waals surface area contributed by atoms with Crippen molar-refractivity contribution in [2.45, 2.75) is 25.9 Å². The molecule has 0 spiro atoms. The average Bonchev–Trinajstić information content (AvgIpc) is 2.62. The molecule has 0 saturated carbocycles. The molecule has 2 rings (SSSR count). The largest absolute Gasteiger partial charge is 0.493 e. The minimum atomic E-state index is -3.02. The summed E-state index contributed by atoms with van der Waals surface area (Å²) < 4.78 is 39.6. The summed E-state index contributed by atoms with van der Waals surface area (Å²) >= 11 is 0. The van der Waals surface area contributed by atoms with E-state index in [1.54, 1.807) is 0 Å². The second kappa shape index (κ2) is 9.41. The Morgan fingerprint density at radius 1 is 1.32 bits per heavy atom. The van der Waals surface area contributed by atoms with Crippen molar-refractivity contribution in [2.75, 3.05) is 33.9 Å². The number of nitrogens with one attached hydrogen (secondary N) is 2. The van der Waals surface area contributed by atoms with E-state index < -0.39 is 6.61 Å². The number of hydrogen-bond acceptors (Lipinski definition) is 5. The molecule has 6 nitrogen and oxygen atoms in total. The lowest BCUT2D eigenvalue weighted by Crippen LogP contribution is -2.33. The van der Waals surface area contributed by atoms with Crippen molar-refractivity contribution < 1.29 is 27.8 Å². The fourth-order valence-electron chi connectivity index (χ4n) is 2.88. The van der Waals surface area contributed by atoms with E-state index in [2.05, 4.69) is 15.4 Å². The summed E-state index contributed by atoms with van der Waals surface area (Å²) in [7, 11) is 2.62. The first-order valence-corrected chi connectivity index (χ1v) is 8.25. The normalized spacial score (nSPS) is 17.2. The fraction of sp³-hybridized carbons (Fsp3) is 0.588. The third-order valence-electron chi connectivity index (χ3n) is 4.17. The molecule has 25 heavy (non-hydrogen) atoms. The number of carbonyl (C=O) groups excluding carboxylic acids is 1. The fourth-order valence-corrected chi connectivity index (χ4v) is 2.88. The maximum atomic E-state index is 12.5. The predicted octanol–water partition coefficient (Wildman–Crippen LogP) is 2.42. The standard InChI is InChI=1S/C17H24F2N2O4/c1-23-13-8-12(9-14(24-2)15(13)25-17(18)19)16(22)21-7-5-11-4-3-6-20-10-11/h8-9,11,17,20H,3-7,10H2,1-2H3,(H,21,22). The van der Waals surface area contributed by atoms with Gasteiger partial charge < -0.3 is 24.8 Å². The molecule has 140 valence electrons. The van der Waals surface area contributed by atoms with Gasteiger partial charge in [0.1, 0.15) is 0 Å². The smallest absolute Gasteiger partial charge is 0.387 e. The third kappa shape index (κ3) is 5.45. The van der Waals surface area contributed by atoms with E-state index in [4.69, 9.17) is 9.47 Å². The highest BCUT2D eigenvalue weighted by Crippen LogP contribution is 2.39. The van der Waals surface area contributed by atoms with Crippen molar-refractivity contribution in [1.82, 2.24) is 10.6 Å². The summed E-state index contributed by atoms with van der Waals surface area (Å²) in [5.41, 5.74) is 0.261. The number of hydrogen-bond donors (Lipinski definition) is 2. The number of halogens is 2. The number of benzene rings is 1. The Labute approximate surface area is 145 Å². The molecule has 1 unspecified atom stereocenters. The predicted molar refractivity (Wildman–Crippen MR) is 88.7 cm³/mol. The minimum Gasteiger partial charge on any atom is -0.493 e. The summed E-state index contributed by atoms with van der Waals surface area (Å²) in [5.74, 6) is 0.0382. The lowest BCUT2D eigenvalue weighted by atomic mass is 9.96. The number of carbonyl (C=O) groups is 1. The van der Waals surface area contributed by atoms with E-state index in [1.165, 1.54) is 26.4 Å². The van der Waals surface area contributed by atoms with Crippen molar-refractivity contribution in [2.24, 2.45) is 5.92 Å². The molecule has 1 saturated heterocycles. The average molecular weight is 358 g/mol. The lowest BCUT2D eigenvalue weighted by Gasteiger charge is -2.22. The number of ether oxygens (including phenoxy) is 3. The summed E-state index contributed by atoms with van der Waals surface area (Å²) in [6, 6.07) is 2.72. The van der Waals surface area contributed by atoms with Crippen LogP contribution in [0.5, 0.6) is 17.2 Å². The quantitative estimate of drug-likeness (QED) is 0.747. The van der Waals surface area contributed by atoms with Crippen LogP contribution in [0, 0.1) is 5.92 Å². The molecule has 0 radical (unpaired) electrons. The molecule has 1 fully saturated rings. The molecule has 1 amide bonds.